The second-order valence-corrected chi connectivity index (χ2v) is 5.85. The van der Waals surface area contributed by atoms with Crippen LogP contribution >= 0.6 is 0 Å². The van der Waals surface area contributed by atoms with Gasteiger partial charge in [-0.2, -0.15) is 0 Å². The Kier molecular flexibility index (Phi) is 6.03. The smallest absolute Gasteiger partial charge is 0.224 e. The van der Waals surface area contributed by atoms with Gasteiger partial charge in [0.2, 0.25) is 5.91 Å². The summed E-state index contributed by atoms with van der Waals surface area (Å²) in [7, 11) is 7.18. The molecule has 0 heterocycles. The van der Waals surface area contributed by atoms with E-state index >= 15 is 0 Å². The number of hydrogen-bond donors (Lipinski definition) is 1. The summed E-state index contributed by atoms with van der Waals surface area (Å²) < 4.78 is 10.4. The molecule has 0 spiro atoms. The van der Waals surface area contributed by atoms with Crippen LogP contribution in [-0.4, -0.2) is 51.2 Å². The first kappa shape index (κ1) is 17.3. The van der Waals surface area contributed by atoms with Crippen molar-refractivity contribution in [3.05, 3.63) is 23.8 Å². The summed E-state index contributed by atoms with van der Waals surface area (Å²) in [5.74, 6) is 1.30. The van der Waals surface area contributed by atoms with E-state index in [4.69, 9.17) is 9.47 Å². The van der Waals surface area contributed by atoms with Crippen molar-refractivity contribution in [1.82, 2.24) is 10.2 Å². The second kappa shape index (κ2) is 7.31. The van der Waals surface area contributed by atoms with Crippen molar-refractivity contribution in [2.24, 2.45) is 0 Å². The fraction of sp³-hybridized carbons (Fsp3) is 0.562. The van der Waals surface area contributed by atoms with Gasteiger partial charge in [-0.3, -0.25) is 4.79 Å². The van der Waals surface area contributed by atoms with Crippen LogP contribution in [0.4, 0.5) is 0 Å². The van der Waals surface area contributed by atoms with Gasteiger partial charge in [-0.25, -0.2) is 0 Å². The standard InChI is InChI=1S/C16H26N2O3/c1-16(2,18(3)4)11-17-15(19)10-12-7-8-13(20-5)14(9-12)21-6/h7-9H,10-11H2,1-6H3,(H,17,19). The van der Waals surface area contributed by atoms with Crippen LogP contribution in [0, 0.1) is 0 Å². The molecule has 1 aromatic carbocycles. The van der Waals surface area contributed by atoms with Gasteiger partial charge >= 0.3 is 0 Å². The highest BCUT2D eigenvalue weighted by molar-refractivity contribution is 5.78. The van der Waals surface area contributed by atoms with Crippen LogP contribution in [0.2, 0.25) is 0 Å². The first-order valence-electron chi connectivity index (χ1n) is 6.95. The zero-order valence-electron chi connectivity index (χ0n) is 13.8. The number of benzene rings is 1. The van der Waals surface area contributed by atoms with Crippen LogP contribution in [-0.2, 0) is 11.2 Å². The van der Waals surface area contributed by atoms with Gasteiger partial charge in [0.1, 0.15) is 0 Å². The summed E-state index contributed by atoms with van der Waals surface area (Å²) in [5, 5.41) is 2.97. The molecule has 0 aliphatic carbocycles. The highest BCUT2D eigenvalue weighted by Gasteiger charge is 2.21. The molecule has 0 saturated carbocycles. The van der Waals surface area contributed by atoms with Crippen molar-refractivity contribution in [1.29, 1.82) is 0 Å². The molecule has 1 aromatic rings. The molecule has 1 amide bonds. The van der Waals surface area contributed by atoms with E-state index < -0.39 is 0 Å². The predicted molar refractivity (Wildman–Crippen MR) is 84.0 cm³/mol. The van der Waals surface area contributed by atoms with Crippen LogP contribution in [0.25, 0.3) is 0 Å². The van der Waals surface area contributed by atoms with Crippen molar-refractivity contribution in [3.63, 3.8) is 0 Å². The number of ether oxygens (including phenoxy) is 2. The van der Waals surface area contributed by atoms with Crippen LogP contribution in [0.1, 0.15) is 19.4 Å². The van der Waals surface area contributed by atoms with Crippen molar-refractivity contribution in [2.45, 2.75) is 25.8 Å². The molecule has 21 heavy (non-hydrogen) atoms. The molecule has 0 atom stereocenters. The van der Waals surface area contributed by atoms with Gasteiger partial charge in [-0.05, 0) is 45.6 Å². The summed E-state index contributed by atoms with van der Waals surface area (Å²) >= 11 is 0. The Morgan fingerprint density at radius 3 is 2.33 bits per heavy atom. The third-order valence-corrected chi connectivity index (χ3v) is 3.74. The van der Waals surface area contributed by atoms with Crippen LogP contribution in [0.3, 0.4) is 0 Å². The fourth-order valence-electron chi connectivity index (χ4n) is 1.71. The third-order valence-electron chi connectivity index (χ3n) is 3.74. The average Bonchev–Trinajstić information content (AvgIpc) is 2.45. The highest BCUT2D eigenvalue weighted by atomic mass is 16.5. The molecule has 0 aliphatic heterocycles. The quantitative estimate of drug-likeness (QED) is 0.831. The Morgan fingerprint density at radius 1 is 1.19 bits per heavy atom. The van der Waals surface area contributed by atoms with Gasteiger partial charge < -0.3 is 19.7 Å². The molecular weight excluding hydrogens is 268 g/mol. The number of hydrogen-bond acceptors (Lipinski definition) is 4. The number of carbonyl (C=O) groups excluding carboxylic acids is 1. The highest BCUT2D eigenvalue weighted by Crippen LogP contribution is 2.27. The van der Waals surface area contributed by atoms with Gasteiger partial charge in [0.05, 0.1) is 20.6 Å². The second-order valence-electron chi connectivity index (χ2n) is 5.85. The zero-order valence-corrected chi connectivity index (χ0v) is 13.8. The van der Waals surface area contributed by atoms with E-state index in [2.05, 4.69) is 24.1 Å². The fourth-order valence-corrected chi connectivity index (χ4v) is 1.71. The Bertz CT molecular complexity index is 484. The predicted octanol–water partition coefficient (Wildman–Crippen LogP) is 1.70. The Morgan fingerprint density at radius 2 is 1.81 bits per heavy atom. The lowest BCUT2D eigenvalue weighted by atomic mass is 10.0. The van der Waals surface area contributed by atoms with E-state index in [9.17, 15) is 4.79 Å². The average molecular weight is 294 g/mol. The molecule has 0 unspecified atom stereocenters. The van der Waals surface area contributed by atoms with Crippen molar-refractivity contribution in [2.75, 3.05) is 34.9 Å². The Hall–Kier alpha value is -1.75. The topological polar surface area (TPSA) is 50.8 Å². The molecule has 5 heteroatoms. The van der Waals surface area contributed by atoms with Crippen LogP contribution in [0.15, 0.2) is 18.2 Å². The number of likely N-dealkylation sites (N-methyl/N-ethyl adjacent to an activating group) is 1. The summed E-state index contributed by atoms with van der Waals surface area (Å²) in [6.07, 6.45) is 0.323. The maximum absolute atomic E-state index is 12.0. The lowest BCUT2D eigenvalue weighted by molar-refractivity contribution is -0.120. The van der Waals surface area contributed by atoms with Crippen molar-refractivity contribution < 1.29 is 14.3 Å². The van der Waals surface area contributed by atoms with Gasteiger partial charge in [0, 0.05) is 12.1 Å². The van der Waals surface area contributed by atoms with Gasteiger partial charge in [-0.1, -0.05) is 6.07 Å². The number of rotatable bonds is 7. The van der Waals surface area contributed by atoms with Crippen LogP contribution in [0.5, 0.6) is 11.5 Å². The lowest BCUT2D eigenvalue weighted by Gasteiger charge is -2.32. The van der Waals surface area contributed by atoms with Crippen LogP contribution < -0.4 is 14.8 Å². The summed E-state index contributed by atoms with van der Waals surface area (Å²) in [6, 6.07) is 5.51. The number of nitrogens with zero attached hydrogens (tertiary/aromatic N) is 1. The minimum absolute atomic E-state index is 0.00264. The molecule has 0 aliphatic rings. The largest absolute Gasteiger partial charge is 0.493 e. The maximum atomic E-state index is 12.0. The van der Waals surface area contributed by atoms with E-state index in [0.717, 1.165) is 5.56 Å². The lowest BCUT2D eigenvalue weighted by Crippen LogP contribution is -2.48. The molecule has 0 bridgehead atoms. The molecular formula is C16H26N2O3. The molecule has 1 rings (SSSR count). The zero-order chi connectivity index (χ0) is 16.0. The first-order valence-corrected chi connectivity index (χ1v) is 6.95. The van der Waals surface area contributed by atoms with Crippen molar-refractivity contribution >= 4 is 5.91 Å². The molecule has 0 radical (unpaired) electrons. The molecule has 0 aromatic heterocycles. The number of methoxy groups -OCH3 is 2. The number of carbonyl (C=O) groups is 1. The van der Waals surface area contributed by atoms with Gasteiger partial charge in [0.15, 0.2) is 11.5 Å². The van der Waals surface area contributed by atoms with E-state index in [1.165, 1.54) is 0 Å². The summed E-state index contributed by atoms with van der Waals surface area (Å²) in [4.78, 5) is 14.1. The molecule has 0 saturated heterocycles. The van der Waals surface area contributed by atoms with E-state index in [-0.39, 0.29) is 11.4 Å². The number of nitrogens with one attached hydrogen (secondary N) is 1. The normalized spacial score (nSPS) is 11.4. The van der Waals surface area contributed by atoms with Gasteiger partial charge in [-0.15, -0.1) is 0 Å². The first-order chi connectivity index (χ1) is 9.80. The molecule has 5 nitrogen and oxygen atoms in total. The minimum Gasteiger partial charge on any atom is -0.493 e. The van der Waals surface area contributed by atoms with E-state index in [1.54, 1.807) is 14.2 Å². The van der Waals surface area contributed by atoms with Gasteiger partial charge in [0.25, 0.3) is 0 Å². The molecule has 1 N–H and O–H groups in total. The monoisotopic (exact) mass is 294 g/mol. The van der Waals surface area contributed by atoms with E-state index in [0.29, 0.717) is 24.5 Å². The SMILES string of the molecule is COc1ccc(CC(=O)NCC(C)(C)N(C)C)cc1OC. The Balaban J connectivity index is 2.63. The maximum Gasteiger partial charge on any atom is 0.224 e. The summed E-state index contributed by atoms with van der Waals surface area (Å²) in [6.45, 7) is 4.78. The Labute approximate surface area is 127 Å². The number of amides is 1. The minimum atomic E-state index is -0.0761. The molecule has 118 valence electrons. The summed E-state index contributed by atoms with van der Waals surface area (Å²) in [5.41, 5.74) is 0.820. The molecule has 0 fully saturated rings. The van der Waals surface area contributed by atoms with Crippen molar-refractivity contribution in [3.8, 4) is 11.5 Å². The van der Waals surface area contributed by atoms with E-state index in [1.807, 2.05) is 32.3 Å². The third kappa shape index (κ3) is 4.93.